The van der Waals surface area contributed by atoms with E-state index in [2.05, 4.69) is 43.2 Å². The van der Waals surface area contributed by atoms with Gasteiger partial charge in [0.05, 0.1) is 0 Å². The Kier molecular flexibility index (Phi) is 7.07. The van der Waals surface area contributed by atoms with Crippen LogP contribution < -0.4 is 36.7 Å². The molecule has 1 amide bonds. The Morgan fingerprint density at radius 2 is 2.00 bits per heavy atom. The molecule has 20 nitrogen and oxygen atoms in total. The Morgan fingerprint density at radius 3 is 2.80 bits per heavy atom. The number of alkyl halides is 1. The van der Waals surface area contributed by atoms with Crippen molar-refractivity contribution in [3.8, 4) is 5.75 Å². The standard InChI is InChI=1S/C20H23F2N9O11P2S/c21-8-6-1-38-44(36,45)42-12-7(40-18(9(12)22)30-4-26-10-14(30)24-3-25-16(10)32)2-37-43(34,35)41-13(8)19(39-6)31-5-27-11-15(31)28-20(23)29-17(11)33/h1,5,8,10,14,24,26,34-36,43-45H,2-4H2,(H,25,32)(H3,23,28,29,33)/b6-1+/t8-,10-,14?/m1/s1. The number of imidazole rings is 1. The number of aromatic nitrogens is 4. The molecule has 4 aliphatic heterocycles. The number of amides is 1. The summed E-state index contributed by atoms with van der Waals surface area (Å²) in [5, 5.41) is 8.47. The van der Waals surface area contributed by atoms with Gasteiger partial charge in [-0.05, 0) is 0 Å². The molecule has 0 aromatic carbocycles. The van der Waals surface area contributed by atoms with E-state index in [0.717, 1.165) is 10.9 Å². The van der Waals surface area contributed by atoms with E-state index in [4.69, 9.17) is 33.0 Å². The maximum absolute atomic E-state index is 15.8. The van der Waals surface area contributed by atoms with Crippen molar-refractivity contribution < 1.29 is 55.5 Å². The van der Waals surface area contributed by atoms with Gasteiger partial charge in [0.2, 0.25) is 0 Å². The Morgan fingerprint density at radius 1 is 1.20 bits per heavy atom. The van der Waals surface area contributed by atoms with Crippen LogP contribution in [0.15, 0.2) is 33.3 Å². The molecule has 2 fully saturated rings. The predicted molar refractivity (Wildman–Crippen MR) is 153 cm³/mol. The van der Waals surface area contributed by atoms with Crippen LogP contribution in [0.4, 0.5) is 20.6 Å². The van der Waals surface area contributed by atoms with Crippen LogP contribution in [-0.4, -0.2) is 71.8 Å². The summed E-state index contributed by atoms with van der Waals surface area (Å²) in [5.74, 6) is -5.80. The number of nitrogens with one attached hydrogen (secondary N) is 4. The molecule has 3 atom stereocenters. The molecule has 0 spiro atoms. The number of fused-ring (bicyclic) bond motifs is 5. The third-order valence-corrected chi connectivity index (χ3v) is 9.35. The van der Waals surface area contributed by atoms with Crippen molar-refractivity contribution >= 4 is 62.4 Å². The Labute approximate surface area is 254 Å². The number of hydrogen-bond donors (Lipinski definition) is 9. The zero-order valence-electron chi connectivity index (χ0n) is 22.2. The third-order valence-electron chi connectivity index (χ3n) is 6.86. The number of halogens is 2. The molecule has 0 radical (unpaired) electrons. The first-order valence-electron chi connectivity index (χ1n) is 12.7. The van der Waals surface area contributed by atoms with Crippen LogP contribution in [0.3, 0.4) is 0 Å². The molecule has 1 unspecified atom stereocenters. The van der Waals surface area contributed by atoms with Gasteiger partial charge in [-0.1, -0.05) is 0 Å². The van der Waals surface area contributed by atoms with Gasteiger partial charge >= 0.3 is 254 Å². The molecule has 0 aliphatic carbocycles. The number of nitrogen functional groups attached to an aromatic ring is 1. The number of ether oxygens (including phenoxy) is 1. The molecule has 3 aromatic rings. The number of nitrogens with two attached hydrogens (primary N) is 1. The molecule has 0 saturated carbocycles. The number of nitrogens with zero attached hydrogens (tertiary/aromatic N) is 4. The van der Waals surface area contributed by atoms with Gasteiger partial charge in [0.15, 0.2) is 0 Å². The first-order valence-corrected chi connectivity index (χ1v) is 17.5. The molecule has 9 N–H and O–H groups in total. The summed E-state index contributed by atoms with van der Waals surface area (Å²) in [4.78, 5) is 68.1. The molecule has 2 bridgehead atoms. The molecule has 7 heterocycles. The van der Waals surface area contributed by atoms with Crippen molar-refractivity contribution in [2.24, 2.45) is 0 Å². The average Bonchev–Trinajstić information content (AvgIpc) is 3.72. The van der Waals surface area contributed by atoms with Crippen molar-refractivity contribution in [2.45, 2.75) is 25.0 Å². The van der Waals surface area contributed by atoms with Crippen molar-refractivity contribution in [1.29, 1.82) is 0 Å². The number of H-pyrrole nitrogens is 1. The number of hydrogen-bond acceptors (Lipinski definition) is 18. The van der Waals surface area contributed by atoms with E-state index in [1.165, 1.54) is 4.90 Å². The summed E-state index contributed by atoms with van der Waals surface area (Å²) >= 11 is 3.97. The third kappa shape index (κ3) is 5.20. The van der Waals surface area contributed by atoms with Gasteiger partial charge in [-0.15, -0.1) is 0 Å². The predicted octanol–water partition coefficient (Wildman–Crippen LogP) is -1.12. The summed E-state index contributed by atoms with van der Waals surface area (Å²) in [6.45, 7) is -0.931. The van der Waals surface area contributed by atoms with E-state index in [-0.39, 0.29) is 36.4 Å². The molecule has 25 heteroatoms. The van der Waals surface area contributed by atoms with Crippen molar-refractivity contribution in [1.82, 2.24) is 35.5 Å². The van der Waals surface area contributed by atoms with E-state index in [0.29, 0.717) is 6.26 Å². The summed E-state index contributed by atoms with van der Waals surface area (Å²) in [7, 11) is -10.2. The van der Waals surface area contributed by atoms with Gasteiger partial charge in [0.1, 0.15) is 0 Å². The van der Waals surface area contributed by atoms with Crippen LogP contribution >= 0.6 is 27.6 Å². The van der Waals surface area contributed by atoms with Crippen LogP contribution in [0.1, 0.15) is 5.76 Å². The molecule has 4 aliphatic rings. The minimum absolute atomic E-state index is 0.0612. The van der Waals surface area contributed by atoms with Crippen LogP contribution in [0.2, 0.25) is 0 Å². The summed E-state index contributed by atoms with van der Waals surface area (Å²) in [6, 6.07) is -0.774. The number of anilines is 2. The molecule has 2 saturated heterocycles. The second-order valence-electron chi connectivity index (χ2n) is 9.75. The first-order chi connectivity index (χ1) is 21.3. The Hall–Kier alpha value is -3.79. The van der Waals surface area contributed by atoms with Gasteiger partial charge in [-0.3, -0.25) is 0 Å². The molecule has 3 aromatic heterocycles. The number of carbonyl (C=O) groups is 1. The number of thiol groups is 1. The molecule has 7 rings (SSSR count). The topological polar surface area (TPSA) is 266 Å². The Bertz CT molecular complexity index is 1850. The molecular formula is C20H23F2N9O11P2S. The number of carbonyl (C=O) groups excluding carboxylic acids is 1. The summed E-state index contributed by atoms with van der Waals surface area (Å²) < 4.78 is 64.4. The summed E-state index contributed by atoms with van der Waals surface area (Å²) in [6.07, 6.45) is -1.62. The fourth-order valence-electron chi connectivity index (χ4n) is 4.91. The van der Waals surface area contributed by atoms with E-state index in [1.807, 2.05) is 0 Å². The van der Waals surface area contributed by atoms with Crippen LogP contribution in [0.25, 0.3) is 17.0 Å². The Balaban J connectivity index is 1.27. The van der Waals surface area contributed by atoms with Gasteiger partial charge in [0, 0.05) is 0 Å². The first kappa shape index (κ1) is 29.9. The van der Waals surface area contributed by atoms with E-state index in [9.17, 15) is 24.3 Å². The maximum atomic E-state index is 15.8. The second-order valence-corrected chi connectivity index (χ2v) is 14.6. The van der Waals surface area contributed by atoms with E-state index >= 15 is 8.78 Å². The van der Waals surface area contributed by atoms with Gasteiger partial charge in [-0.25, -0.2) is 0 Å². The average molecular weight is 697 g/mol. The van der Waals surface area contributed by atoms with Gasteiger partial charge in [0.25, 0.3) is 0 Å². The fourth-order valence-corrected chi connectivity index (χ4v) is 6.98. The quantitative estimate of drug-likeness (QED) is 0.113. The van der Waals surface area contributed by atoms with Crippen LogP contribution in [0, 0.1) is 5.82 Å². The zero-order valence-corrected chi connectivity index (χ0v) is 25.1. The number of rotatable bonds is 2. The number of furan rings is 1. The monoisotopic (exact) mass is 697 g/mol. The summed E-state index contributed by atoms with van der Waals surface area (Å²) in [5.41, 5.74) is 4.43. The van der Waals surface area contributed by atoms with Gasteiger partial charge in [-0.2, -0.15) is 0 Å². The minimum atomic E-state index is -5.40. The van der Waals surface area contributed by atoms with Crippen molar-refractivity contribution in [3.63, 3.8) is 0 Å². The SMILES string of the molecule is Nc1nc2c(ncn2C2=C3O[PH](O)(O)OCc4oc(N5CN[C@H]6C(=O)NCNC65)c(F)c4O[PH](O)(S)O/C=C(/O2)[C@H]3F)c(=O)[nH]1. The molecule has 244 valence electrons. The second kappa shape index (κ2) is 10.6. The molecular weight excluding hydrogens is 674 g/mol. The number of aromatic amines is 1. The van der Waals surface area contributed by atoms with E-state index < -0.39 is 86.5 Å². The van der Waals surface area contributed by atoms with Gasteiger partial charge < -0.3 is 0 Å². The van der Waals surface area contributed by atoms with Crippen LogP contribution in [0.5, 0.6) is 5.75 Å². The van der Waals surface area contributed by atoms with Crippen molar-refractivity contribution in [3.05, 3.63) is 46.0 Å². The van der Waals surface area contributed by atoms with Crippen LogP contribution in [-0.2, 0) is 29.7 Å². The normalized spacial score (nSPS) is 28.4. The van der Waals surface area contributed by atoms with Crippen molar-refractivity contribution in [2.75, 3.05) is 24.0 Å². The zero-order chi connectivity index (χ0) is 31.8. The fraction of sp³-hybridized carbons (Fsp3) is 0.300. The molecule has 45 heavy (non-hydrogen) atoms. The van der Waals surface area contributed by atoms with E-state index in [1.54, 1.807) is 0 Å².